The Labute approximate surface area is 154 Å². The highest BCUT2D eigenvalue weighted by atomic mass is 16.5. The van der Waals surface area contributed by atoms with Crippen molar-refractivity contribution in [2.24, 2.45) is 0 Å². The van der Waals surface area contributed by atoms with Gasteiger partial charge in [-0.1, -0.05) is 12.1 Å². The molecule has 1 fully saturated rings. The minimum Gasteiger partial charge on any atom is -0.495 e. The van der Waals surface area contributed by atoms with Gasteiger partial charge in [0.15, 0.2) is 0 Å². The molecule has 0 radical (unpaired) electrons. The molecule has 0 bridgehead atoms. The third-order valence-electron chi connectivity index (χ3n) is 4.47. The predicted octanol–water partition coefficient (Wildman–Crippen LogP) is 2.24. The van der Waals surface area contributed by atoms with Crippen LogP contribution in [0.5, 0.6) is 5.75 Å². The molecule has 138 valence electrons. The van der Waals surface area contributed by atoms with Crippen molar-refractivity contribution < 1.29 is 13.9 Å². The van der Waals surface area contributed by atoms with Crippen molar-refractivity contribution in [3.8, 4) is 5.75 Å². The Hall–Kier alpha value is -2.73. The number of methoxy groups -OCH3 is 1. The molecule has 2 heterocycles. The molecule has 0 saturated carbocycles. The van der Waals surface area contributed by atoms with E-state index in [4.69, 9.17) is 9.15 Å². The fourth-order valence-electron chi connectivity index (χ4n) is 3.04. The van der Waals surface area contributed by atoms with Crippen LogP contribution in [0.3, 0.4) is 0 Å². The Morgan fingerprint density at radius 2 is 2.00 bits per heavy atom. The molecule has 1 aromatic carbocycles. The van der Waals surface area contributed by atoms with Gasteiger partial charge in [-0.05, 0) is 30.3 Å². The van der Waals surface area contributed by atoms with Gasteiger partial charge in [-0.3, -0.25) is 9.69 Å². The molecule has 0 spiro atoms. The van der Waals surface area contributed by atoms with E-state index < -0.39 is 0 Å². The van der Waals surface area contributed by atoms with Crippen molar-refractivity contribution in [2.45, 2.75) is 0 Å². The van der Waals surface area contributed by atoms with Crippen molar-refractivity contribution in [1.82, 2.24) is 10.2 Å². The zero-order chi connectivity index (χ0) is 18.2. The lowest BCUT2D eigenvalue weighted by Gasteiger charge is -2.36. The maximum atomic E-state index is 11.8. The lowest BCUT2D eigenvalue weighted by Crippen LogP contribution is -2.48. The van der Waals surface area contributed by atoms with E-state index in [1.807, 2.05) is 24.3 Å². The molecule has 1 saturated heterocycles. The quantitative estimate of drug-likeness (QED) is 0.772. The van der Waals surface area contributed by atoms with Crippen LogP contribution in [0.1, 0.15) is 5.76 Å². The largest absolute Gasteiger partial charge is 0.495 e. The van der Waals surface area contributed by atoms with Crippen LogP contribution < -0.4 is 15.0 Å². The first-order valence-corrected chi connectivity index (χ1v) is 8.86. The molecular weight excluding hydrogens is 330 g/mol. The van der Waals surface area contributed by atoms with Crippen LogP contribution in [0.4, 0.5) is 5.69 Å². The van der Waals surface area contributed by atoms with Crippen LogP contribution in [-0.2, 0) is 4.79 Å². The number of benzene rings is 1. The highest BCUT2D eigenvalue weighted by molar-refractivity contribution is 5.91. The smallest absolute Gasteiger partial charge is 0.244 e. The summed E-state index contributed by atoms with van der Waals surface area (Å²) >= 11 is 0. The topological polar surface area (TPSA) is 58.0 Å². The monoisotopic (exact) mass is 355 g/mol. The number of piperazine rings is 1. The maximum absolute atomic E-state index is 11.8. The van der Waals surface area contributed by atoms with Crippen molar-refractivity contribution in [2.75, 3.05) is 51.3 Å². The van der Waals surface area contributed by atoms with E-state index in [-0.39, 0.29) is 5.91 Å². The molecule has 0 aliphatic carbocycles. The van der Waals surface area contributed by atoms with Crippen molar-refractivity contribution >= 4 is 17.7 Å². The lowest BCUT2D eigenvalue weighted by atomic mass is 10.2. The summed E-state index contributed by atoms with van der Waals surface area (Å²) in [5.74, 6) is 1.48. The fourth-order valence-corrected chi connectivity index (χ4v) is 3.04. The summed E-state index contributed by atoms with van der Waals surface area (Å²) in [5, 5.41) is 2.91. The van der Waals surface area contributed by atoms with Gasteiger partial charge in [-0.25, -0.2) is 0 Å². The average molecular weight is 355 g/mol. The Morgan fingerprint density at radius 1 is 1.19 bits per heavy atom. The second kappa shape index (κ2) is 9.10. The number of ether oxygens (including phenoxy) is 1. The Morgan fingerprint density at radius 3 is 2.73 bits per heavy atom. The van der Waals surface area contributed by atoms with E-state index in [1.165, 1.54) is 6.08 Å². The van der Waals surface area contributed by atoms with Gasteiger partial charge in [0.25, 0.3) is 0 Å². The summed E-state index contributed by atoms with van der Waals surface area (Å²) in [5.41, 5.74) is 1.14. The molecule has 0 unspecified atom stereocenters. The van der Waals surface area contributed by atoms with Crippen molar-refractivity contribution in [1.29, 1.82) is 0 Å². The number of nitrogens with zero attached hydrogens (tertiary/aromatic N) is 2. The standard InChI is InChI=1S/C20H25N3O3/c1-25-19-7-3-2-6-18(19)23-14-12-22(13-15-23)11-10-21-20(24)9-8-17-5-4-16-26-17/h2-9,16H,10-15H2,1H3,(H,21,24)/b9-8+. The summed E-state index contributed by atoms with van der Waals surface area (Å²) in [6, 6.07) is 11.7. The summed E-state index contributed by atoms with van der Waals surface area (Å²) in [7, 11) is 1.71. The van der Waals surface area contributed by atoms with Gasteiger partial charge < -0.3 is 19.4 Å². The maximum Gasteiger partial charge on any atom is 0.244 e. The number of furan rings is 1. The molecule has 1 aromatic heterocycles. The van der Waals surface area contributed by atoms with Gasteiger partial charge in [-0.15, -0.1) is 0 Å². The van der Waals surface area contributed by atoms with Crippen LogP contribution in [0.25, 0.3) is 6.08 Å². The number of nitrogens with one attached hydrogen (secondary N) is 1. The molecule has 2 aromatic rings. The Balaban J connectivity index is 1.38. The number of amides is 1. The van der Waals surface area contributed by atoms with E-state index in [1.54, 1.807) is 25.5 Å². The van der Waals surface area contributed by atoms with E-state index in [9.17, 15) is 4.79 Å². The van der Waals surface area contributed by atoms with Crippen molar-refractivity contribution in [3.63, 3.8) is 0 Å². The van der Waals surface area contributed by atoms with Gasteiger partial charge in [0.05, 0.1) is 19.1 Å². The van der Waals surface area contributed by atoms with E-state index in [0.29, 0.717) is 12.3 Å². The molecule has 26 heavy (non-hydrogen) atoms. The molecule has 1 aliphatic heterocycles. The number of rotatable bonds is 7. The molecular formula is C20H25N3O3. The zero-order valence-corrected chi connectivity index (χ0v) is 15.1. The number of para-hydroxylation sites is 2. The van der Waals surface area contributed by atoms with Gasteiger partial charge >= 0.3 is 0 Å². The highest BCUT2D eigenvalue weighted by Crippen LogP contribution is 2.28. The van der Waals surface area contributed by atoms with Crippen LogP contribution in [0, 0.1) is 0 Å². The first-order valence-electron chi connectivity index (χ1n) is 8.86. The van der Waals surface area contributed by atoms with Crippen LogP contribution >= 0.6 is 0 Å². The number of carbonyl (C=O) groups is 1. The average Bonchev–Trinajstić information content (AvgIpc) is 3.20. The summed E-state index contributed by atoms with van der Waals surface area (Å²) in [6.07, 6.45) is 4.75. The molecule has 6 heteroatoms. The van der Waals surface area contributed by atoms with E-state index >= 15 is 0 Å². The van der Waals surface area contributed by atoms with Crippen molar-refractivity contribution in [3.05, 3.63) is 54.5 Å². The van der Waals surface area contributed by atoms with E-state index in [0.717, 1.165) is 44.2 Å². The number of hydrogen-bond donors (Lipinski definition) is 1. The van der Waals surface area contributed by atoms with E-state index in [2.05, 4.69) is 21.2 Å². The van der Waals surface area contributed by atoms with Crippen LogP contribution in [-0.4, -0.2) is 57.2 Å². The number of anilines is 1. The van der Waals surface area contributed by atoms with Gasteiger partial charge in [-0.2, -0.15) is 0 Å². The van der Waals surface area contributed by atoms with Gasteiger partial charge in [0.1, 0.15) is 11.5 Å². The third kappa shape index (κ3) is 4.89. The first kappa shape index (κ1) is 18.1. The first-order chi connectivity index (χ1) is 12.8. The minimum atomic E-state index is -0.103. The highest BCUT2D eigenvalue weighted by Gasteiger charge is 2.19. The minimum absolute atomic E-state index is 0.103. The Bertz CT molecular complexity index is 720. The normalized spacial score (nSPS) is 15.3. The summed E-state index contributed by atoms with van der Waals surface area (Å²) < 4.78 is 10.6. The Kier molecular flexibility index (Phi) is 6.33. The number of carbonyl (C=O) groups excluding carboxylic acids is 1. The molecule has 0 atom stereocenters. The second-order valence-corrected chi connectivity index (χ2v) is 6.14. The lowest BCUT2D eigenvalue weighted by molar-refractivity contribution is -0.116. The fraction of sp³-hybridized carbons (Fsp3) is 0.350. The molecule has 1 amide bonds. The summed E-state index contributed by atoms with van der Waals surface area (Å²) in [6.45, 7) is 5.32. The van der Waals surface area contributed by atoms with Crippen LogP contribution in [0.15, 0.2) is 53.2 Å². The second-order valence-electron chi connectivity index (χ2n) is 6.14. The van der Waals surface area contributed by atoms with Gasteiger partial charge in [0.2, 0.25) is 5.91 Å². The molecule has 1 aliphatic rings. The molecule has 6 nitrogen and oxygen atoms in total. The molecule has 3 rings (SSSR count). The van der Waals surface area contributed by atoms with Gasteiger partial charge in [0, 0.05) is 45.3 Å². The number of hydrogen-bond acceptors (Lipinski definition) is 5. The SMILES string of the molecule is COc1ccccc1N1CCN(CCNC(=O)/C=C/c2ccco2)CC1. The molecule has 1 N–H and O–H groups in total. The third-order valence-corrected chi connectivity index (χ3v) is 4.47. The summed E-state index contributed by atoms with van der Waals surface area (Å²) in [4.78, 5) is 16.5. The zero-order valence-electron chi connectivity index (χ0n) is 15.1. The predicted molar refractivity (Wildman–Crippen MR) is 102 cm³/mol. The van der Waals surface area contributed by atoms with Crippen LogP contribution in [0.2, 0.25) is 0 Å².